The lowest BCUT2D eigenvalue weighted by molar-refractivity contribution is -0.140. The van der Waals surface area contributed by atoms with Crippen LogP contribution in [0.2, 0.25) is 0 Å². The molecule has 45 heavy (non-hydrogen) atoms. The van der Waals surface area contributed by atoms with Crippen LogP contribution in [0.15, 0.2) is 106 Å². The Balaban J connectivity index is 1.82. The van der Waals surface area contributed by atoms with E-state index in [0.717, 1.165) is 43.0 Å². The van der Waals surface area contributed by atoms with Crippen LogP contribution in [0.1, 0.15) is 41.2 Å². The van der Waals surface area contributed by atoms with Gasteiger partial charge in [-0.15, -0.1) is 0 Å². The summed E-state index contributed by atoms with van der Waals surface area (Å²) in [6.07, 6.45) is 1.00. The monoisotopic (exact) mass is 689 g/mol. The standard InChI is InChI=1S/C36H40BrN3O4S/c1-5-18-38-36(42)34(23-29-10-7-6-8-11-29)39(24-30-12-9-13-31(37)22-30)35(41)25-40(32-20-27(3)19-28(4)21-32)45(43,44)33-16-14-26(2)15-17-33/h6-17,19-22,34H,5,18,23-25H2,1-4H3,(H,38,42)/t34-/m0/s1. The Morgan fingerprint density at radius 1 is 0.800 bits per heavy atom. The van der Waals surface area contributed by atoms with Crippen molar-refractivity contribution in [1.29, 1.82) is 0 Å². The van der Waals surface area contributed by atoms with Crippen molar-refractivity contribution in [2.45, 2.75) is 58.0 Å². The number of nitrogens with zero attached hydrogens (tertiary/aromatic N) is 2. The summed E-state index contributed by atoms with van der Waals surface area (Å²) in [5.74, 6) is -0.777. The van der Waals surface area contributed by atoms with Crippen LogP contribution in [0.3, 0.4) is 0 Å². The number of rotatable bonds is 13. The number of aryl methyl sites for hydroxylation is 3. The van der Waals surface area contributed by atoms with Crippen molar-refractivity contribution in [3.63, 3.8) is 0 Å². The summed E-state index contributed by atoms with van der Waals surface area (Å²) in [7, 11) is -4.15. The lowest BCUT2D eigenvalue weighted by Crippen LogP contribution is -2.53. The Hall–Kier alpha value is -3.95. The normalized spacial score (nSPS) is 11.9. The minimum atomic E-state index is -4.15. The van der Waals surface area contributed by atoms with E-state index in [1.807, 2.05) is 88.4 Å². The Morgan fingerprint density at radius 3 is 2.07 bits per heavy atom. The highest BCUT2D eigenvalue weighted by atomic mass is 79.9. The maximum atomic E-state index is 14.6. The van der Waals surface area contributed by atoms with Crippen molar-refractivity contribution < 1.29 is 18.0 Å². The fourth-order valence-corrected chi connectivity index (χ4v) is 7.06. The van der Waals surface area contributed by atoms with Crippen LogP contribution in [-0.4, -0.2) is 44.3 Å². The van der Waals surface area contributed by atoms with Gasteiger partial charge in [0.2, 0.25) is 11.8 Å². The van der Waals surface area contributed by atoms with Crippen molar-refractivity contribution in [1.82, 2.24) is 10.2 Å². The number of hydrogen-bond donors (Lipinski definition) is 1. The molecular weight excluding hydrogens is 650 g/mol. The highest BCUT2D eigenvalue weighted by Crippen LogP contribution is 2.27. The third-order valence-corrected chi connectivity index (χ3v) is 9.73. The van der Waals surface area contributed by atoms with Gasteiger partial charge >= 0.3 is 0 Å². The minimum absolute atomic E-state index is 0.0834. The van der Waals surface area contributed by atoms with Gasteiger partial charge in [0.25, 0.3) is 10.0 Å². The van der Waals surface area contributed by atoms with Gasteiger partial charge in [0.05, 0.1) is 10.6 Å². The number of benzene rings is 4. The predicted octanol–water partition coefficient (Wildman–Crippen LogP) is 6.74. The van der Waals surface area contributed by atoms with E-state index in [4.69, 9.17) is 0 Å². The van der Waals surface area contributed by atoms with Crippen LogP contribution in [0.5, 0.6) is 0 Å². The summed E-state index contributed by atoms with van der Waals surface area (Å²) in [5.41, 5.74) is 4.74. The van der Waals surface area contributed by atoms with Crippen molar-refractivity contribution >= 4 is 43.5 Å². The quantitative estimate of drug-likeness (QED) is 0.169. The zero-order valence-corrected chi connectivity index (χ0v) is 28.6. The van der Waals surface area contributed by atoms with E-state index in [1.165, 1.54) is 4.90 Å². The van der Waals surface area contributed by atoms with Crippen LogP contribution in [-0.2, 0) is 32.6 Å². The fourth-order valence-electron chi connectivity index (χ4n) is 5.21. The molecule has 0 saturated heterocycles. The second-order valence-corrected chi connectivity index (χ2v) is 14.1. The fraction of sp³-hybridized carbons (Fsp3) is 0.278. The first-order chi connectivity index (χ1) is 21.5. The number of carbonyl (C=O) groups excluding carboxylic acids is 2. The maximum Gasteiger partial charge on any atom is 0.264 e. The van der Waals surface area contributed by atoms with Gasteiger partial charge in [-0.3, -0.25) is 13.9 Å². The third-order valence-electron chi connectivity index (χ3n) is 7.44. The molecular formula is C36H40BrN3O4S. The molecule has 4 aromatic carbocycles. The summed E-state index contributed by atoms with van der Waals surface area (Å²) in [6, 6.07) is 28.3. The number of hydrogen-bond acceptors (Lipinski definition) is 4. The van der Waals surface area contributed by atoms with E-state index in [1.54, 1.807) is 36.4 Å². The molecule has 0 aliphatic heterocycles. The summed E-state index contributed by atoms with van der Waals surface area (Å²) in [6.45, 7) is 7.72. The Labute approximate surface area is 275 Å². The van der Waals surface area contributed by atoms with Gasteiger partial charge < -0.3 is 10.2 Å². The molecule has 0 heterocycles. The van der Waals surface area contributed by atoms with Crippen LogP contribution in [0.25, 0.3) is 0 Å². The van der Waals surface area contributed by atoms with E-state index in [9.17, 15) is 18.0 Å². The van der Waals surface area contributed by atoms with Gasteiger partial charge in [0.15, 0.2) is 0 Å². The molecule has 0 fully saturated rings. The molecule has 0 spiro atoms. The molecule has 0 aliphatic rings. The van der Waals surface area contributed by atoms with Crippen molar-refractivity contribution in [2.75, 3.05) is 17.4 Å². The first-order valence-corrected chi connectivity index (χ1v) is 17.2. The number of amides is 2. The highest BCUT2D eigenvalue weighted by Gasteiger charge is 2.34. The number of carbonyl (C=O) groups is 2. The summed E-state index contributed by atoms with van der Waals surface area (Å²) in [5, 5.41) is 2.97. The van der Waals surface area contributed by atoms with Crippen LogP contribution < -0.4 is 9.62 Å². The zero-order chi connectivity index (χ0) is 32.6. The van der Waals surface area contributed by atoms with Gasteiger partial charge in [-0.25, -0.2) is 8.42 Å². The number of anilines is 1. The number of sulfonamides is 1. The summed E-state index contributed by atoms with van der Waals surface area (Å²) >= 11 is 3.51. The number of halogens is 1. The average molecular weight is 691 g/mol. The van der Waals surface area contributed by atoms with Gasteiger partial charge in [-0.05, 0) is 85.8 Å². The summed E-state index contributed by atoms with van der Waals surface area (Å²) in [4.78, 5) is 29.9. The topological polar surface area (TPSA) is 86.8 Å². The molecule has 1 atom stereocenters. The van der Waals surface area contributed by atoms with E-state index >= 15 is 0 Å². The maximum absolute atomic E-state index is 14.6. The van der Waals surface area contributed by atoms with Crippen molar-refractivity contribution in [3.05, 3.63) is 129 Å². The van der Waals surface area contributed by atoms with Crippen molar-refractivity contribution in [3.8, 4) is 0 Å². The number of nitrogens with one attached hydrogen (secondary N) is 1. The molecule has 7 nitrogen and oxygen atoms in total. The van der Waals surface area contributed by atoms with Gasteiger partial charge in [-0.2, -0.15) is 0 Å². The van der Waals surface area contributed by atoms with Crippen molar-refractivity contribution in [2.24, 2.45) is 0 Å². The van der Waals surface area contributed by atoms with Gasteiger partial charge in [0, 0.05) is 24.0 Å². The first kappa shape index (κ1) is 33.9. The van der Waals surface area contributed by atoms with E-state index in [0.29, 0.717) is 12.2 Å². The predicted molar refractivity (Wildman–Crippen MR) is 184 cm³/mol. The molecule has 0 radical (unpaired) electrons. The Morgan fingerprint density at radius 2 is 1.44 bits per heavy atom. The zero-order valence-electron chi connectivity index (χ0n) is 26.2. The average Bonchev–Trinajstić information content (AvgIpc) is 3.00. The van der Waals surface area contributed by atoms with Crippen LogP contribution in [0.4, 0.5) is 5.69 Å². The Kier molecular flexibility index (Phi) is 11.6. The minimum Gasteiger partial charge on any atom is -0.354 e. The molecule has 0 saturated carbocycles. The highest BCUT2D eigenvalue weighted by molar-refractivity contribution is 9.10. The van der Waals surface area contributed by atoms with E-state index in [-0.39, 0.29) is 23.8 Å². The molecule has 0 bridgehead atoms. The second kappa shape index (κ2) is 15.4. The molecule has 236 valence electrons. The molecule has 1 N–H and O–H groups in total. The molecule has 4 aromatic rings. The molecule has 9 heteroatoms. The van der Waals surface area contributed by atoms with Gasteiger partial charge in [-0.1, -0.05) is 89.1 Å². The summed E-state index contributed by atoms with van der Waals surface area (Å²) < 4.78 is 30.5. The largest absolute Gasteiger partial charge is 0.354 e. The smallest absolute Gasteiger partial charge is 0.264 e. The lowest BCUT2D eigenvalue weighted by Gasteiger charge is -2.34. The first-order valence-electron chi connectivity index (χ1n) is 15.0. The molecule has 0 unspecified atom stereocenters. The second-order valence-electron chi connectivity index (χ2n) is 11.3. The van der Waals surface area contributed by atoms with E-state index in [2.05, 4.69) is 21.2 Å². The molecule has 0 aliphatic carbocycles. The van der Waals surface area contributed by atoms with E-state index < -0.39 is 28.5 Å². The Bertz CT molecular complexity index is 1710. The van der Waals surface area contributed by atoms with Crippen LogP contribution >= 0.6 is 15.9 Å². The lowest BCUT2D eigenvalue weighted by atomic mass is 10.0. The van der Waals surface area contributed by atoms with Gasteiger partial charge in [0.1, 0.15) is 12.6 Å². The molecule has 2 amide bonds. The molecule has 0 aromatic heterocycles. The molecule has 4 rings (SSSR count). The van der Waals surface area contributed by atoms with Crippen LogP contribution in [0, 0.1) is 20.8 Å². The third kappa shape index (κ3) is 9.05. The SMILES string of the molecule is CCCNC(=O)[C@H](Cc1ccccc1)N(Cc1cccc(Br)c1)C(=O)CN(c1cc(C)cc(C)c1)S(=O)(=O)c1ccc(C)cc1.